The van der Waals surface area contributed by atoms with Gasteiger partial charge in [0.05, 0.1) is 41.1 Å². The van der Waals surface area contributed by atoms with Crippen LogP contribution in [-0.2, 0) is 0 Å². The van der Waals surface area contributed by atoms with E-state index < -0.39 is 0 Å². The first-order valence-corrected chi connectivity index (χ1v) is 6.70. The predicted octanol–water partition coefficient (Wildman–Crippen LogP) is -0.817. The first kappa shape index (κ1) is 14.2. The summed E-state index contributed by atoms with van der Waals surface area (Å²) in [6.07, 6.45) is 4.06. The average molecular weight is 387 g/mol. The van der Waals surface area contributed by atoms with E-state index in [0.29, 0.717) is 0 Å². The van der Waals surface area contributed by atoms with Crippen LogP contribution in [-0.4, -0.2) is 17.0 Å². The van der Waals surface area contributed by atoms with Gasteiger partial charge in [0.2, 0.25) is 0 Å². The average Bonchev–Trinajstić information content (AvgIpc) is 2.85. The van der Waals surface area contributed by atoms with Crippen LogP contribution in [0.2, 0.25) is 0 Å². The van der Waals surface area contributed by atoms with Crippen molar-refractivity contribution in [2.24, 2.45) is 0 Å². The molecule has 0 radical (unpaired) electrons. The van der Waals surface area contributed by atoms with Crippen LogP contribution in [0.15, 0.2) is 60.9 Å². The molecule has 1 aromatic heterocycles. The summed E-state index contributed by atoms with van der Waals surface area (Å²) in [4.78, 5) is 10.5. The number of halogens is 1. The van der Waals surface area contributed by atoms with Gasteiger partial charge in [-0.1, -0.05) is 24.3 Å². The van der Waals surface area contributed by atoms with E-state index in [2.05, 4.69) is 42.5 Å². The first-order chi connectivity index (χ1) is 9.83. The van der Waals surface area contributed by atoms with Crippen molar-refractivity contribution in [3.63, 3.8) is 0 Å². The summed E-state index contributed by atoms with van der Waals surface area (Å²) in [6, 6.07) is 16.4. The van der Waals surface area contributed by atoms with E-state index in [1.165, 1.54) is 16.2 Å². The molecular formula is C17H14IN3. The first-order valence-electron chi connectivity index (χ1n) is 6.70. The van der Waals surface area contributed by atoms with E-state index in [4.69, 9.17) is 4.98 Å². The van der Waals surface area contributed by atoms with Crippen LogP contribution < -0.4 is 28.9 Å². The fourth-order valence-corrected chi connectivity index (χ4v) is 2.73. The highest BCUT2D eigenvalue weighted by molar-refractivity contribution is 5.86. The second kappa shape index (κ2) is 5.54. The molecule has 1 aliphatic rings. The Balaban J connectivity index is 0.00000132. The van der Waals surface area contributed by atoms with Crippen LogP contribution in [0.5, 0.6) is 0 Å². The molecule has 4 rings (SSSR count). The van der Waals surface area contributed by atoms with Crippen molar-refractivity contribution in [3.05, 3.63) is 72.2 Å². The van der Waals surface area contributed by atoms with Crippen LogP contribution in [0, 0.1) is 0 Å². The molecular weight excluding hydrogens is 373 g/mol. The Hall–Kier alpha value is -1.79. The van der Waals surface area contributed by atoms with Gasteiger partial charge in [-0.05, 0) is 18.2 Å². The fraction of sp³-hybridized carbons (Fsp3) is 0.0588. The summed E-state index contributed by atoms with van der Waals surface area (Å²) in [7, 11) is 2.14. The Morgan fingerprint density at radius 2 is 1.62 bits per heavy atom. The molecule has 104 valence electrons. The van der Waals surface area contributed by atoms with E-state index in [0.717, 1.165) is 22.3 Å². The van der Waals surface area contributed by atoms with Gasteiger partial charge in [0.1, 0.15) is 11.9 Å². The molecule has 0 saturated carbocycles. The van der Waals surface area contributed by atoms with E-state index in [1.807, 2.05) is 30.5 Å². The van der Waals surface area contributed by atoms with Crippen molar-refractivity contribution in [1.29, 1.82) is 0 Å². The van der Waals surface area contributed by atoms with Crippen LogP contribution in [0.1, 0.15) is 11.3 Å². The maximum atomic E-state index is 4.75. The van der Waals surface area contributed by atoms with Gasteiger partial charge < -0.3 is 24.0 Å². The summed E-state index contributed by atoms with van der Waals surface area (Å²) < 4.78 is 0. The Morgan fingerprint density at radius 3 is 2.48 bits per heavy atom. The van der Waals surface area contributed by atoms with Crippen LogP contribution in [0.3, 0.4) is 0 Å². The Labute approximate surface area is 140 Å². The van der Waals surface area contributed by atoms with Gasteiger partial charge in [-0.3, -0.25) is 9.88 Å². The third-order valence-electron chi connectivity index (χ3n) is 3.73. The van der Waals surface area contributed by atoms with Gasteiger partial charge in [0.25, 0.3) is 0 Å². The van der Waals surface area contributed by atoms with Crippen molar-refractivity contribution in [2.45, 2.75) is 0 Å². The monoisotopic (exact) mass is 387 g/mol. The molecule has 3 nitrogen and oxygen atoms in total. The largest absolute Gasteiger partial charge is 1.00 e. The molecule has 2 aromatic carbocycles. The molecule has 4 heteroatoms. The highest BCUT2D eigenvalue weighted by atomic mass is 127. The number of hydrogen-bond donors (Lipinski definition) is 1. The summed E-state index contributed by atoms with van der Waals surface area (Å²) >= 11 is 0. The minimum Gasteiger partial charge on any atom is -1.00 e. The molecule has 21 heavy (non-hydrogen) atoms. The van der Waals surface area contributed by atoms with Gasteiger partial charge >= 0.3 is 0 Å². The highest BCUT2D eigenvalue weighted by Crippen LogP contribution is 2.29. The topological polar surface area (TPSA) is 30.2 Å². The fourth-order valence-electron chi connectivity index (χ4n) is 2.73. The maximum absolute atomic E-state index is 4.75. The van der Waals surface area contributed by atoms with Gasteiger partial charge in [-0.25, -0.2) is 4.98 Å². The van der Waals surface area contributed by atoms with Crippen LogP contribution in [0.25, 0.3) is 16.6 Å². The standard InChI is InChI=1S/C17H13N3.HI/c1-20-11-13(12-6-2-5-9-17(12)20)16-10-18-14-7-3-4-8-15(14)19-16;/h2-11H,1H3;1H. The molecule has 0 saturated heterocycles. The van der Waals surface area contributed by atoms with Gasteiger partial charge in [0.15, 0.2) is 0 Å². The number of nitrogens with zero attached hydrogens (tertiary/aromatic N) is 2. The quantitative estimate of drug-likeness (QED) is 0.554. The lowest BCUT2D eigenvalue weighted by molar-refractivity contribution is -0.747. The van der Waals surface area contributed by atoms with Crippen molar-refractivity contribution in [3.8, 4) is 0 Å². The number of nitrogens with one attached hydrogen (secondary N) is 1. The van der Waals surface area contributed by atoms with Crippen molar-refractivity contribution in [1.82, 2.24) is 9.97 Å². The molecule has 1 aliphatic heterocycles. The number of benzene rings is 2. The lowest BCUT2D eigenvalue weighted by Gasteiger charge is -2.03. The van der Waals surface area contributed by atoms with Crippen LogP contribution >= 0.6 is 0 Å². The molecule has 1 N–H and O–H groups in total. The van der Waals surface area contributed by atoms with Crippen LogP contribution in [0.4, 0.5) is 5.69 Å². The molecule has 1 unspecified atom stereocenters. The zero-order valence-electron chi connectivity index (χ0n) is 11.5. The molecule has 3 aromatic rings. The van der Waals surface area contributed by atoms with Crippen molar-refractivity contribution >= 4 is 22.3 Å². The lowest BCUT2D eigenvalue weighted by Crippen LogP contribution is -3.00. The summed E-state index contributed by atoms with van der Waals surface area (Å²) in [5.74, 6) is 0. The number of quaternary nitrogens is 1. The lowest BCUT2D eigenvalue weighted by atomic mass is 10.0. The van der Waals surface area contributed by atoms with E-state index in [1.54, 1.807) is 0 Å². The van der Waals surface area contributed by atoms with E-state index in [-0.39, 0.29) is 24.0 Å². The summed E-state index contributed by atoms with van der Waals surface area (Å²) in [5.41, 5.74) is 6.51. The molecule has 0 fully saturated rings. The molecule has 1 atom stereocenters. The Kier molecular flexibility index (Phi) is 3.73. The second-order valence-corrected chi connectivity index (χ2v) is 5.03. The maximum Gasteiger partial charge on any atom is 0.143 e. The Morgan fingerprint density at radius 1 is 0.905 bits per heavy atom. The molecule has 0 aliphatic carbocycles. The normalized spacial score (nSPS) is 16.2. The van der Waals surface area contributed by atoms with Crippen molar-refractivity contribution < 1.29 is 28.9 Å². The zero-order valence-corrected chi connectivity index (χ0v) is 13.7. The van der Waals surface area contributed by atoms with Gasteiger partial charge in [-0.2, -0.15) is 0 Å². The highest BCUT2D eigenvalue weighted by Gasteiger charge is 2.24. The van der Waals surface area contributed by atoms with E-state index in [9.17, 15) is 0 Å². The third-order valence-corrected chi connectivity index (χ3v) is 3.73. The number of para-hydroxylation sites is 3. The SMILES string of the molecule is C[NH+]1C=C(c2cnc3ccccc3n2)c2ccccc21.[I-]. The third kappa shape index (κ3) is 2.34. The minimum atomic E-state index is 0. The molecule has 0 spiro atoms. The molecule has 0 bridgehead atoms. The smallest absolute Gasteiger partial charge is 0.143 e. The Bertz CT molecular complexity index is 842. The second-order valence-electron chi connectivity index (χ2n) is 5.03. The van der Waals surface area contributed by atoms with Crippen molar-refractivity contribution in [2.75, 3.05) is 7.05 Å². The van der Waals surface area contributed by atoms with Gasteiger partial charge in [0, 0.05) is 6.07 Å². The minimum absolute atomic E-state index is 0. The van der Waals surface area contributed by atoms with E-state index >= 15 is 0 Å². The number of fused-ring (bicyclic) bond motifs is 2. The zero-order chi connectivity index (χ0) is 13.5. The number of aromatic nitrogens is 2. The summed E-state index contributed by atoms with van der Waals surface area (Å²) in [5, 5.41) is 0. The molecule has 2 heterocycles. The molecule has 0 amide bonds. The number of rotatable bonds is 1. The summed E-state index contributed by atoms with van der Waals surface area (Å²) in [6.45, 7) is 0. The predicted molar refractivity (Wildman–Crippen MR) is 79.6 cm³/mol. The number of hydrogen-bond acceptors (Lipinski definition) is 2. The van der Waals surface area contributed by atoms with Gasteiger partial charge in [-0.15, -0.1) is 0 Å².